The van der Waals surface area contributed by atoms with Crippen LogP contribution in [0, 0.1) is 12.8 Å². The SMILES string of the molecule is CC(=O)N(CCC(=O)NCC(C)C)c1ccc(C)c(Cl)c1. The third-order valence-electron chi connectivity index (χ3n) is 3.12. The largest absolute Gasteiger partial charge is 0.356 e. The van der Waals surface area contributed by atoms with Gasteiger partial charge < -0.3 is 10.2 Å². The van der Waals surface area contributed by atoms with E-state index in [-0.39, 0.29) is 18.2 Å². The standard InChI is InChI=1S/C16H23ClN2O2/c1-11(2)10-18-16(21)7-8-19(13(4)20)14-6-5-12(3)15(17)9-14/h5-6,9,11H,7-8,10H2,1-4H3,(H,18,21). The Bertz CT molecular complexity index is 515. The molecule has 1 rings (SSSR count). The molecule has 0 aromatic heterocycles. The number of aryl methyl sites for hydroxylation is 1. The van der Waals surface area contributed by atoms with Gasteiger partial charge in [0.1, 0.15) is 0 Å². The van der Waals surface area contributed by atoms with Crippen LogP contribution in [0.4, 0.5) is 5.69 Å². The minimum atomic E-state index is -0.105. The highest BCUT2D eigenvalue weighted by Crippen LogP contribution is 2.23. The summed E-state index contributed by atoms with van der Waals surface area (Å²) in [6, 6.07) is 5.46. The van der Waals surface area contributed by atoms with Gasteiger partial charge >= 0.3 is 0 Å². The fourth-order valence-corrected chi connectivity index (χ4v) is 2.01. The van der Waals surface area contributed by atoms with Gasteiger partial charge in [-0.3, -0.25) is 9.59 Å². The van der Waals surface area contributed by atoms with Crippen LogP contribution in [0.3, 0.4) is 0 Å². The molecule has 0 saturated heterocycles. The topological polar surface area (TPSA) is 49.4 Å². The highest BCUT2D eigenvalue weighted by Gasteiger charge is 2.14. The number of anilines is 1. The van der Waals surface area contributed by atoms with Crippen LogP contribution in [0.15, 0.2) is 18.2 Å². The van der Waals surface area contributed by atoms with Gasteiger partial charge in [0.05, 0.1) is 0 Å². The molecule has 0 aliphatic carbocycles. The molecule has 21 heavy (non-hydrogen) atoms. The number of hydrogen-bond acceptors (Lipinski definition) is 2. The van der Waals surface area contributed by atoms with Gasteiger partial charge in [0.15, 0.2) is 0 Å². The molecule has 2 amide bonds. The van der Waals surface area contributed by atoms with E-state index in [4.69, 9.17) is 11.6 Å². The molecule has 1 N–H and O–H groups in total. The maximum atomic E-state index is 11.8. The molecule has 5 heteroatoms. The molecular weight excluding hydrogens is 288 g/mol. The molecule has 1 aromatic carbocycles. The normalized spacial score (nSPS) is 10.6. The van der Waals surface area contributed by atoms with Crippen molar-refractivity contribution in [2.75, 3.05) is 18.0 Å². The van der Waals surface area contributed by atoms with E-state index in [2.05, 4.69) is 5.32 Å². The van der Waals surface area contributed by atoms with Crippen LogP contribution in [-0.4, -0.2) is 24.9 Å². The van der Waals surface area contributed by atoms with Crippen molar-refractivity contribution >= 4 is 29.1 Å². The fraction of sp³-hybridized carbons (Fsp3) is 0.500. The summed E-state index contributed by atoms with van der Waals surface area (Å²) in [7, 11) is 0. The Morgan fingerprint density at radius 3 is 2.52 bits per heavy atom. The van der Waals surface area contributed by atoms with Crippen LogP contribution in [0.5, 0.6) is 0 Å². The number of carbonyl (C=O) groups excluding carboxylic acids is 2. The molecule has 0 spiro atoms. The first-order valence-electron chi connectivity index (χ1n) is 7.12. The molecule has 0 radical (unpaired) electrons. The molecule has 0 aliphatic rings. The van der Waals surface area contributed by atoms with Gasteiger partial charge in [0, 0.05) is 37.1 Å². The van der Waals surface area contributed by atoms with Crippen LogP contribution in [0.2, 0.25) is 5.02 Å². The molecule has 0 fully saturated rings. The van der Waals surface area contributed by atoms with Crippen molar-refractivity contribution in [3.05, 3.63) is 28.8 Å². The smallest absolute Gasteiger partial charge is 0.223 e. The van der Waals surface area contributed by atoms with E-state index >= 15 is 0 Å². The third-order valence-corrected chi connectivity index (χ3v) is 3.52. The number of benzene rings is 1. The zero-order valence-electron chi connectivity index (χ0n) is 13.1. The van der Waals surface area contributed by atoms with Crippen LogP contribution in [0.1, 0.15) is 32.8 Å². The number of nitrogens with one attached hydrogen (secondary N) is 1. The first-order valence-corrected chi connectivity index (χ1v) is 7.50. The third kappa shape index (κ3) is 5.76. The minimum absolute atomic E-state index is 0.0480. The zero-order valence-corrected chi connectivity index (χ0v) is 13.8. The number of hydrogen-bond donors (Lipinski definition) is 1. The molecule has 0 saturated carbocycles. The van der Waals surface area contributed by atoms with Crippen molar-refractivity contribution in [1.82, 2.24) is 5.32 Å². The monoisotopic (exact) mass is 310 g/mol. The maximum Gasteiger partial charge on any atom is 0.223 e. The first kappa shape index (κ1) is 17.5. The van der Waals surface area contributed by atoms with Gasteiger partial charge in [-0.1, -0.05) is 31.5 Å². The molecule has 0 bridgehead atoms. The second kappa shape index (κ2) is 8.03. The average Bonchev–Trinajstić information content (AvgIpc) is 2.40. The van der Waals surface area contributed by atoms with Gasteiger partial charge in [0.25, 0.3) is 0 Å². The van der Waals surface area contributed by atoms with Gasteiger partial charge in [-0.05, 0) is 30.5 Å². The zero-order chi connectivity index (χ0) is 16.0. The lowest BCUT2D eigenvalue weighted by Crippen LogP contribution is -2.34. The van der Waals surface area contributed by atoms with Crippen molar-refractivity contribution in [2.24, 2.45) is 5.92 Å². The second-order valence-electron chi connectivity index (χ2n) is 5.55. The summed E-state index contributed by atoms with van der Waals surface area (Å²) in [5, 5.41) is 3.46. The molecule has 0 aliphatic heterocycles. The van der Waals surface area contributed by atoms with Crippen LogP contribution < -0.4 is 10.2 Å². The van der Waals surface area contributed by atoms with Crippen molar-refractivity contribution in [2.45, 2.75) is 34.1 Å². The van der Waals surface area contributed by atoms with E-state index in [0.717, 1.165) is 11.3 Å². The summed E-state index contributed by atoms with van der Waals surface area (Å²) in [5.74, 6) is 0.258. The van der Waals surface area contributed by atoms with E-state index in [1.54, 1.807) is 11.0 Å². The Kier molecular flexibility index (Phi) is 6.69. The average molecular weight is 311 g/mol. The van der Waals surface area contributed by atoms with Crippen molar-refractivity contribution in [1.29, 1.82) is 0 Å². The Hall–Kier alpha value is -1.55. The summed E-state index contributed by atoms with van der Waals surface area (Å²) in [5.41, 5.74) is 1.67. The summed E-state index contributed by atoms with van der Waals surface area (Å²) < 4.78 is 0. The lowest BCUT2D eigenvalue weighted by molar-refractivity contribution is -0.121. The highest BCUT2D eigenvalue weighted by molar-refractivity contribution is 6.31. The van der Waals surface area contributed by atoms with Crippen molar-refractivity contribution in [3.8, 4) is 0 Å². The van der Waals surface area contributed by atoms with E-state index in [9.17, 15) is 9.59 Å². The maximum absolute atomic E-state index is 11.8. The van der Waals surface area contributed by atoms with Gasteiger partial charge in [-0.2, -0.15) is 0 Å². The lowest BCUT2D eigenvalue weighted by Gasteiger charge is -2.21. The van der Waals surface area contributed by atoms with Gasteiger partial charge in [-0.25, -0.2) is 0 Å². The molecule has 116 valence electrons. The molecule has 0 unspecified atom stereocenters. The van der Waals surface area contributed by atoms with E-state index in [1.165, 1.54) is 6.92 Å². The summed E-state index contributed by atoms with van der Waals surface area (Å²) in [4.78, 5) is 25.1. The first-order chi connectivity index (χ1) is 9.81. The second-order valence-corrected chi connectivity index (χ2v) is 5.96. The Morgan fingerprint density at radius 1 is 1.33 bits per heavy atom. The number of nitrogens with zero attached hydrogens (tertiary/aromatic N) is 1. The Labute approximate surface area is 131 Å². The molecule has 4 nitrogen and oxygen atoms in total. The van der Waals surface area contributed by atoms with Crippen LogP contribution in [0.25, 0.3) is 0 Å². The molecule has 0 atom stereocenters. The van der Waals surface area contributed by atoms with E-state index in [0.29, 0.717) is 24.0 Å². The molecule has 1 aromatic rings. The molecule has 0 heterocycles. The Balaban J connectivity index is 2.68. The van der Waals surface area contributed by atoms with E-state index in [1.807, 2.05) is 32.9 Å². The van der Waals surface area contributed by atoms with Gasteiger partial charge in [-0.15, -0.1) is 0 Å². The van der Waals surface area contributed by atoms with E-state index < -0.39 is 0 Å². The van der Waals surface area contributed by atoms with Crippen LogP contribution in [-0.2, 0) is 9.59 Å². The minimum Gasteiger partial charge on any atom is -0.356 e. The predicted octanol–water partition coefficient (Wildman–Crippen LogP) is 3.16. The predicted molar refractivity (Wildman–Crippen MR) is 86.7 cm³/mol. The summed E-state index contributed by atoms with van der Waals surface area (Å²) in [6.45, 7) is 8.46. The highest BCUT2D eigenvalue weighted by atomic mass is 35.5. The summed E-state index contributed by atoms with van der Waals surface area (Å²) >= 11 is 6.09. The number of amides is 2. The Morgan fingerprint density at radius 2 is 2.00 bits per heavy atom. The van der Waals surface area contributed by atoms with Crippen LogP contribution >= 0.6 is 11.6 Å². The summed E-state index contributed by atoms with van der Waals surface area (Å²) in [6.07, 6.45) is 0.276. The quantitative estimate of drug-likeness (QED) is 0.877. The lowest BCUT2D eigenvalue weighted by atomic mass is 10.2. The van der Waals surface area contributed by atoms with Crippen molar-refractivity contribution in [3.63, 3.8) is 0 Å². The number of carbonyl (C=O) groups is 2. The fourth-order valence-electron chi connectivity index (χ4n) is 1.84. The van der Waals surface area contributed by atoms with Crippen molar-refractivity contribution < 1.29 is 9.59 Å². The molecular formula is C16H23ClN2O2. The van der Waals surface area contributed by atoms with Gasteiger partial charge in [0.2, 0.25) is 11.8 Å². The number of halogens is 1. The number of rotatable bonds is 6.